The van der Waals surface area contributed by atoms with Crippen molar-refractivity contribution in [2.75, 3.05) is 13.1 Å². The second kappa shape index (κ2) is 7.04. The van der Waals surface area contributed by atoms with Crippen molar-refractivity contribution in [1.29, 1.82) is 0 Å². The van der Waals surface area contributed by atoms with E-state index < -0.39 is 10.0 Å². The summed E-state index contributed by atoms with van der Waals surface area (Å²) < 4.78 is 27.5. The van der Waals surface area contributed by atoms with Gasteiger partial charge in [0.15, 0.2) is 0 Å². The third-order valence-electron chi connectivity index (χ3n) is 4.08. The number of nitrogens with one attached hydrogen (secondary N) is 1. The summed E-state index contributed by atoms with van der Waals surface area (Å²) in [6.45, 7) is 3.28. The van der Waals surface area contributed by atoms with Gasteiger partial charge in [-0.3, -0.25) is 4.79 Å². The molecule has 24 heavy (non-hydrogen) atoms. The average molecular weight is 364 g/mol. The summed E-state index contributed by atoms with van der Waals surface area (Å²) in [6.07, 6.45) is 1.50. The van der Waals surface area contributed by atoms with Crippen LogP contribution in [0.3, 0.4) is 0 Å². The van der Waals surface area contributed by atoms with E-state index in [0.717, 1.165) is 12.0 Å². The second-order valence-corrected chi connectivity index (χ2v) is 8.55. The minimum absolute atomic E-state index is 0.112. The number of thiophene rings is 1. The Hall–Kier alpha value is -1.70. The summed E-state index contributed by atoms with van der Waals surface area (Å²) in [7, 11) is -3.68. The van der Waals surface area contributed by atoms with Gasteiger partial charge in [0.05, 0.1) is 0 Å². The molecule has 0 saturated carbocycles. The van der Waals surface area contributed by atoms with Gasteiger partial charge in [-0.15, -0.1) is 11.3 Å². The molecular weight excluding hydrogens is 344 g/mol. The van der Waals surface area contributed by atoms with Crippen molar-refractivity contribution < 1.29 is 13.2 Å². The number of carbonyl (C=O) groups excluding carboxylic acids is 1. The van der Waals surface area contributed by atoms with Gasteiger partial charge in [-0.2, -0.15) is 4.31 Å². The Labute approximate surface area is 146 Å². The van der Waals surface area contributed by atoms with Crippen molar-refractivity contribution in [1.82, 2.24) is 9.62 Å². The highest BCUT2D eigenvalue weighted by molar-refractivity contribution is 7.89. The van der Waals surface area contributed by atoms with Crippen molar-refractivity contribution in [3.8, 4) is 0 Å². The number of amides is 1. The van der Waals surface area contributed by atoms with Crippen LogP contribution in [0.4, 0.5) is 0 Å². The molecule has 0 spiro atoms. The first-order valence-electron chi connectivity index (χ1n) is 7.96. The number of hydrogen-bond acceptors (Lipinski definition) is 4. The van der Waals surface area contributed by atoms with Crippen molar-refractivity contribution >= 4 is 27.3 Å². The maximum atomic E-state index is 13.0. The van der Waals surface area contributed by atoms with Crippen LogP contribution in [0.15, 0.2) is 40.6 Å². The minimum atomic E-state index is -3.68. The van der Waals surface area contributed by atoms with Gasteiger partial charge in [-0.25, -0.2) is 8.42 Å². The molecule has 0 aliphatic carbocycles. The zero-order valence-electron chi connectivity index (χ0n) is 13.5. The van der Waals surface area contributed by atoms with Crippen molar-refractivity contribution in [2.24, 2.45) is 0 Å². The molecule has 5 nitrogen and oxygen atoms in total. The summed E-state index contributed by atoms with van der Waals surface area (Å²) >= 11 is 1.17. The zero-order valence-corrected chi connectivity index (χ0v) is 15.1. The molecule has 0 saturated heterocycles. The number of hydrogen-bond donors (Lipinski definition) is 1. The van der Waals surface area contributed by atoms with Gasteiger partial charge in [-0.1, -0.05) is 31.2 Å². The summed E-state index contributed by atoms with van der Waals surface area (Å²) in [5.41, 5.74) is 2.22. The van der Waals surface area contributed by atoms with Gasteiger partial charge in [0.25, 0.3) is 5.91 Å². The molecule has 0 bridgehead atoms. The second-order valence-electron chi connectivity index (χ2n) is 5.73. The van der Waals surface area contributed by atoms with Crippen LogP contribution in [0, 0.1) is 0 Å². The molecule has 0 unspecified atom stereocenters. The summed E-state index contributed by atoms with van der Waals surface area (Å²) in [5.74, 6) is -0.317. The van der Waals surface area contributed by atoms with Gasteiger partial charge in [0.2, 0.25) is 10.0 Å². The fourth-order valence-electron chi connectivity index (χ4n) is 2.80. The standard InChI is InChI=1S/C17H20N2O3S2/c1-2-9-18-17(20)16-15(8-11-23-16)24(21,22)19-10-7-13-5-3-4-6-14(13)12-19/h3-6,8,11H,2,7,9-10,12H2,1H3,(H,18,20). The van der Waals surface area contributed by atoms with Crippen LogP contribution in [0.1, 0.15) is 34.1 Å². The highest BCUT2D eigenvalue weighted by atomic mass is 32.2. The molecule has 128 valence electrons. The molecule has 2 aromatic rings. The van der Waals surface area contributed by atoms with Crippen LogP contribution < -0.4 is 5.32 Å². The minimum Gasteiger partial charge on any atom is -0.351 e. The number of benzene rings is 1. The number of carbonyl (C=O) groups is 1. The third kappa shape index (κ3) is 3.24. The number of sulfonamides is 1. The smallest absolute Gasteiger partial charge is 0.262 e. The first-order chi connectivity index (χ1) is 11.5. The molecule has 0 fully saturated rings. The van der Waals surface area contributed by atoms with Crippen molar-refractivity contribution in [3.63, 3.8) is 0 Å². The molecule has 2 heterocycles. The molecular formula is C17H20N2O3S2. The van der Waals surface area contributed by atoms with Gasteiger partial charge < -0.3 is 5.32 Å². The molecule has 3 rings (SSSR count). The summed E-state index contributed by atoms with van der Waals surface area (Å²) in [6, 6.07) is 9.41. The van der Waals surface area contributed by atoms with Crippen molar-refractivity contribution in [3.05, 3.63) is 51.7 Å². The third-order valence-corrected chi connectivity index (χ3v) is 7.01. The quantitative estimate of drug-likeness (QED) is 0.887. The van der Waals surface area contributed by atoms with E-state index >= 15 is 0 Å². The molecule has 0 radical (unpaired) electrons. The van der Waals surface area contributed by atoms with E-state index in [4.69, 9.17) is 0 Å². The van der Waals surface area contributed by atoms with Crippen LogP contribution in [-0.4, -0.2) is 31.7 Å². The molecule has 1 aliphatic rings. The predicted octanol–water partition coefficient (Wildman–Crippen LogP) is 2.63. The lowest BCUT2D eigenvalue weighted by Gasteiger charge is -2.28. The number of fused-ring (bicyclic) bond motifs is 1. The topological polar surface area (TPSA) is 66.5 Å². The van der Waals surface area contributed by atoms with Gasteiger partial charge >= 0.3 is 0 Å². The van der Waals surface area contributed by atoms with Gasteiger partial charge in [-0.05, 0) is 35.4 Å². The lowest BCUT2D eigenvalue weighted by molar-refractivity contribution is 0.0954. The number of rotatable bonds is 5. The van der Waals surface area contributed by atoms with Crippen LogP contribution in [0.5, 0.6) is 0 Å². The maximum Gasteiger partial charge on any atom is 0.262 e. The normalized spacial score (nSPS) is 15.0. The Bertz CT molecular complexity index is 843. The Morgan fingerprint density at radius 1 is 1.25 bits per heavy atom. The summed E-state index contributed by atoms with van der Waals surface area (Å²) in [5, 5.41) is 4.41. The van der Waals surface area contributed by atoms with Gasteiger partial charge in [0.1, 0.15) is 9.77 Å². The Balaban J connectivity index is 1.87. The van der Waals surface area contributed by atoms with E-state index in [1.165, 1.54) is 27.3 Å². The van der Waals surface area contributed by atoms with Crippen LogP contribution in [0.25, 0.3) is 0 Å². The molecule has 0 atom stereocenters. The molecule has 1 N–H and O–H groups in total. The lowest BCUT2D eigenvalue weighted by Crippen LogP contribution is -2.36. The number of nitrogens with zero attached hydrogens (tertiary/aromatic N) is 1. The van der Waals surface area contributed by atoms with Gasteiger partial charge in [0, 0.05) is 19.6 Å². The largest absolute Gasteiger partial charge is 0.351 e. The lowest BCUT2D eigenvalue weighted by atomic mass is 10.0. The molecule has 1 amide bonds. The highest BCUT2D eigenvalue weighted by Gasteiger charge is 2.32. The molecule has 7 heteroatoms. The molecule has 1 aliphatic heterocycles. The van der Waals surface area contributed by atoms with E-state index in [9.17, 15) is 13.2 Å². The van der Waals surface area contributed by atoms with Crippen LogP contribution in [-0.2, 0) is 23.0 Å². The fraction of sp³-hybridized carbons (Fsp3) is 0.353. The average Bonchev–Trinajstić information content (AvgIpc) is 3.10. The van der Waals surface area contributed by atoms with E-state index in [-0.39, 0.29) is 15.7 Å². The van der Waals surface area contributed by atoms with Crippen molar-refractivity contribution in [2.45, 2.75) is 31.2 Å². The van der Waals surface area contributed by atoms with Crippen LogP contribution >= 0.6 is 11.3 Å². The van der Waals surface area contributed by atoms with E-state index in [0.29, 0.717) is 26.1 Å². The Kier molecular flexibility index (Phi) is 5.03. The Morgan fingerprint density at radius 2 is 2.00 bits per heavy atom. The maximum absolute atomic E-state index is 13.0. The molecule has 1 aromatic carbocycles. The fourth-order valence-corrected chi connectivity index (χ4v) is 5.53. The SMILES string of the molecule is CCCNC(=O)c1sccc1S(=O)(=O)N1CCc2ccccc2C1. The first kappa shape index (κ1) is 17.1. The Morgan fingerprint density at radius 3 is 2.75 bits per heavy atom. The van der Waals surface area contributed by atoms with E-state index in [1.807, 2.05) is 31.2 Å². The summed E-state index contributed by atoms with van der Waals surface area (Å²) in [4.78, 5) is 12.6. The first-order valence-corrected chi connectivity index (χ1v) is 10.3. The highest BCUT2D eigenvalue weighted by Crippen LogP contribution is 2.29. The van der Waals surface area contributed by atoms with E-state index in [1.54, 1.807) is 5.38 Å². The van der Waals surface area contributed by atoms with E-state index in [2.05, 4.69) is 5.32 Å². The van der Waals surface area contributed by atoms with Crippen LogP contribution in [0.2, 0.25) is 0 Å². The molecule has 1 aromatic heterocycles. The zero-order chi connectivity index (χ0) is 17.2. The monoisotopic (exact) mass is 364 g/mol. The predicted molar refractivity (Wildman–Crippen MR) is 94.7 cm³/mol.